The van der Waals surface area contributed by atoms with Gasteiger partial charge in [-0.15, -0.1) is 0 Å². The van der Waals surface area contributed by atoms with Crippen LogP contribution in [0, 0.1) is 0 Å². The van der Waals surface area contributed by atoms with Gasteiger partial charge >= 0.3 is 0 Å². The maximum atomic E-state index is 13.2. The second kappa shape index (κ2) is 4.57. The fourth-order valence-corrected chi connectivity index (χ4v) is 1.89. The average molecular weight is 209 g/mol. The van der Waals surface area contributed by atoms with Crippen molar-refractivity contribution in [1.82, 2.24) is 4.98 Å². The van der Waals surface area contributed by atoms with E-state index in [1.165, 1.54) is 0 Å². The lowest BCUT2D eigenvalue weighted by atomic mass is 10.1. The highest BCUT2D eigenvalue weighted by Gasteiger charge is 2.19. The van der Waals surface area contributed by atoms with E-state index in [4.69, 9.17) is 5.73 Å². The first-order chi connectivity index (χ1) is 7.29. The fraction of sp³-hybridized carbons (Fsp3) is 0.545. The Morgan fingerprint density at radius 3 is 3.20 bits per heavy atom. The molecule has 0 spiro atoms. The lowest BCUT2D eigenvalue weighted by Crippen LogP contribution is -2.36. The zero-order chi connectivity index (χ0) is 10.7. The second-order valence-corrected chi connectivity index (χ2v) is 3.91. The van der Waals surface area contributed by atoms with E-state index in [1.807, 2.05) is 17.0 Å². The van der Waals surface area contributed by atoms with Crippen LogP contribution in [0.5, 0.6) is 0 Å². The van der Waals surface area contributed by atoms with Crippen molar-refractivity contribution < 1.29 is 4.39 Å². The van der Waals surface area contributed by atoms with Crippen LogP contribution in [0.2, 0.25) is 0 Å². The molecule has 0 amide bonds. The van der Waals surface area contributed by atoms with Crippen LogP contribution in [0.3, 0.4) is 0 Å². The Hall–Kier alpha value is -1.16. The van der Waals surface area contributed by atoms with Crippen LogP contribution in [-0.4, -0.2) is 24.2 Å². The van der Waals surface area contributed by atoms with E-state index in [-0.39, 0.29) is 0 Å². The SMILES string of the molecule is NCc1ccnc(N2CCCC(F)C2)c1. The van der Waals surface area contributed by atoms with Crippen LogP contribution in [-0.2, 0) is 6.54 Å². The van der Waals surface area contributed by atoms with Crippen LogP contribution in [0.1, 0.15) is 18.4 Å². The van der Waals surface area contributed by atoms with Crippen molar-refractivity contribution in [2.45, 2.75) is 25.6 Å². The number of aromatic nitrogens is 1. The molecule has 4 heteroatoms. The van der Waals surface area contributed by atoms with E-state index in [0.29, 0.717) is 19.5 Å². The monoisotopic (exact) mass is 209 g/mol. The Morgan fingerprint density at radius 1 is 1.60 bits per heavy atom. The summed E-state index contributed by atoms with van der Waals surface area (Å²) in [6, 6.07) is 3.83. The molecule has 0 radical (unpaired) electrons. The zero-order valence-corrected chi connectivity index (χ0v) is 8.69. The Morgan fingerprint density at radius 2 is 2.47 bits per heavy atom. The third-order valence-corrected chi connectivity index (χ3v) is 2.73. The van der Waals surface area contributed by atoms with Gasteiger partial charge in [0.1, 0.15) is 12.0 Å². The van der Waals surface area contributed by atoms with E-state index < -0.39 is 6.17 Å². The first kappa shape index (κ1) is 10.4. The van der Waals surface area contributed by atoms with Crippen molar-refractivity contribution in [3.8, 4) is 0 Å². The molecule has 1 atom stereocenters. The molecule has 0 saturated carbocycles. The standard InChI is InChI=1S/C11H16FN3/c12-10-2-1-5-15(8-10)11-6-9(7-13)3-4-14-11/h3-4,6,10H,1-2,5,7-8,13H2. The highest BCUT2D eigenvalue weighted by atomic mass is 19.1. The minimum atomic E-state index is -0.720. The van der Waals surface area contributed by atoms with Gasteiger partial charge in [-0.1, -0.05) is 0 Å². The highest BCUT2D eigenvalue weighted by molar-refractivity contribution is 5.41. The van der Waals surface area contributed by atoms with E-state index in [1.54, 1.807) is 6.20 Å². The smallest absolute Gasteiger partial charge is 0.128 e. The number of rotatable bonds is 2. The largest absolute Gasteiger partial charge is 0.354 e. The minimum Gasteiger partial charge on any atom is -0.354 e. The summed E-state index contributed by atoms with van der Waals surface area (Å²) in [5.74, 6) is 0.848. The average Bonchev–Trinajstić information content (AvgIpc) is 2.29. The van der Waals surface area contributed by atoms with Gasteiger partial charge < -0.3 is 10.6 Å². The number of nitrogens with zero attached hydrogens (tertiary/aromatic N) is 2. The number of halogens is 1. The highest BCUT2D eigenvalue weighted by Crippen LogP contribution is 2.19. The Kier molecular flexibility index (Phi) is 3.16. The quantitative estimate of drug-likeness (QED) is 0.802. The predicted molar refractivity (Wildman–Crippen MR) is 58.5 cm³/mol. The van der Waals surface area contributed by atoms with Gasteiger partial charge in [0.25, 0.3) is 0 Å². The van der Waals surface area contributed by atoms with E-state index in [2.05, 4.69) is 4.98 Å². The van der Waals surface area contributed by atoms with Crippen molar-refractivity contribution in [1.29, 1.82) is 0 Å². The van der Waals surface area contributed by atoms with Gasteiger partial charge in [-0.25, -0.2) is 9.37 Å². The van der Waals surface area contributed by atoms with Crippen LogP contribution >= 0.6 is 0 Å². The molecular formula is C11H16FN3. The van der Waals surface area contributed by atoms with Gasteiger partial charge in [-0.2, -0.15) is 0 Å². The van der Waals surface area contributed by atoms with Crippen molar-refractivity contribution in [2.24, 2.45) is 5.73 Å². The predicted octanol–water partition coefficient (Wildman–Crippen LogP) is 1.48. The molecule has 2 rings (SSSR count). The molecule has 15 heavy (non-hydrogen) atoms. The molecule has 0 aliphatic carbocycles. The summed E-state index contributed by atoms with van der Waals surface area (Å²) in [4.78, 5) is 6.24. The summed E-state index contributed by atoms with van der Waals surface area (Å²) in [6.45, 7) is 1.85. The summed E-state index contributed by atoms with van der Waals surface area (Å²) < 4.78 is 13.2. The summed E-state index contributed by atoms with van der Waals surface area (Å²) in [7, 11) is 0. The zero-order valence-electron chi connectivity index (χ0n) is 8.69. The normalized spacial score (nSPS) is 21.7. The first-order valence-electron chi connectivity index (χ1n) is 5.33. The Labute approximate surface area is 89.1 Å². The Bertz CT molecular complexity index is 329. The van der Waals surface area contributed by atoms with Gasteiger partial charge in [-0.05, 0) is 30.5 Å². The number of hydrogen-bond acceptors (Lipinski definition) is 3. The minimum absolute atomic E-state index is 0.459. The molecule has 1 aliphatic heterocycles. The third-order valence-electron chi connectivity index (χ3n) is 2.73. The van der Waals surface area contributed by atoms with E-state index in [9.17, 15) is 4.39 Å². The third kappa shape index (κ3) is 2.45. The second-order valence-electron chi connectivity index (χ2n) is 3.91. The molecule has 0 aromatic carbocycles. The van der Waals surface area contributed by atoms with Crippen LogP contribution in [0.15, 0.2) is 18.3 Å². The molecule has 3 nitrogen and oxygen atoms in total. The molecule has 2 heterocycles. The molecule has 82 valence electrons. The number of pyridine rings is 1. The van der Waals surface area contributed by atoms with Crippen molar-refractivity contribution >= 4 is 5.82 Å². The van der Waals surface area contributed by atoms with Gasteiger partial charge in [0.2, 0.25) is 0 Å². The molecule has 1 saturated heterocycles. The maximum absolute atomic E-state index is 13.2. The van der Waals surface area contributed by atoms with Gasteiger partial charge in [-0.3, -0.25) is 0 Å². The summed E-state index contributed by atoms with van der Waals surface area (Å²) in [5.41, 5.74) is 6.60. The van der Waals surface area contributed by atoms with Crippen molar-refractivity contribution in [3.63, 3.8) is 0 Å². The maximum Gasteiger partial charge on any atom is 0.128 e. The number of anilines is 1. The number of alkyl halides is 1. The van der Waals surface area contributed by atoms with Crippen molar-refractivity contribution in [2.75, 3.05) is 18.0 Å². The molecule has 2 N–H and O–H groups in total. The lowest BCUT2D eigenvalue weighted by molar-refractivity contribution is 0.286. The molecule has 1 unspecified atom stereocenters. The van der Waals surface area contributed by atoms with Crippen LogP contribution in [0.4, 0.5) is 10.2 Å². The Balaban J connectivity index is 2.13. The summed E-state index contributed by atoms with van der Waals surface area (Å²) in [6.07, 6.45) is 2.59. The topological polar surface area (TPSA) is 42.1 Å². The summed E-state index contributed by atoms with van der Waals surface area (Å²) in [5, 5.41) is 0. The van der Waals surface area contributed by atoms with Gasteiger partial charge in [0.05, 0.1) is 6.54 Å². The molecule has 1 aliphatic rings. The fourth-order valence-electron chi connectivity index (χ4n) is 1.89. The number of hydrogen-bond donors (Lipinski definition) is 1. The van der Waals surface area contributed by atoms with Crippen molar-refractivity contribution in [3.05, 3.63) is 23.9 Å². The van der Waals surface area contributed by atoms with Gasteiger partial charge in [0.15, 0.2) is 0 Å². The lowest BCUT2D eigenvalue weighted by Gasteiger charge is -2.30. The summed E-state index contributed by atoms with van der Waals surface area (Å²) >= 11 is 0. The van der Waals surface area contributed by atoms with E-state index >= 15 is 0 Å². The van der Waals surface area contributed by atoms with E-state index in [0.717, 1.165) is 24.3 Å². The van der Waals surface area contributed by atoms with Crippen LogP contribution < -0.4 is 10.6 Å². The number of piperidine rings is 1. The molecular weight excluding hydrogens is 193 g/mol. The number of nitrogens with two attached hydrogens (primary N) is 1. The molecule has 1 aromatic rings. The first-order valence-corrected chi connectivity index (χ1v) is 5.33. The molecule has 1 aromatic heterocycles. The molecule has 1 fully saturated rings. The van der Waals surface area contributed by atoms with Crippen LogP contribution in [0.25, 0.3) is 0 Å². The molecule has 0 bridgehead atoms. The van der Waals surface area contributed by atoms with Gasteiger partial charge in [0, 0.05) is 19.3 Å².